The predicted octanol–water partition coefficient (Wildman–Crippen LogP) is 13.2. The molecule has 4 aromatic carbocycles. The zero-order chi connectivity index (χ0) is 37.0. The molecule has 2 aliphatic carbocycles. The van der Waals surface area contributed by atoms with Gasteiger partial charge in [-0.25, -0.2) is 0 Å². The van der Waals surface area contributed by atoms with Crippen LogP contribution in [-0.2, 0) is 38.5 Å². The maximum Gasteiger partial charge on any atom is 0.0494 e. The Morgan fingerprint density at radius 1 is 0.481 bits per heavy atom. The van der Waals surface area contributed by atoms with Crippen LogP contribution in [0.3, 0.4) is 0 Å². The van der Waals surface area contributed by atoms with Crippen molar-refractivity contribution in [3.63, 3.8) is 0 Å². The molecule has 0 fully saturated rings. The summed E-state index contributed by atoms with van der Waals surface area (Å²) < 4.78 is 4.92. The molecule has 2 nitrogen and oxygen atoms in total. The second kappa shape index (κ2) is 15.8. The van der Waals surface area contributed by atoms with E-state index >= 15 is 0 Å². The van der Waals surface area contributed by atoms with E-state index in [2.05, 4.69) is 182 Å². The lowest BCUT2D eigenvalue weighted by atomic mass is 9.97. The Bertz CT molecular complexity index is 2190. The van der Waals surface area contributed by atoms with Crippen LogP contribution in [0.15, 0.2) is 121 Å². The first kappa shape index (κ1) is 35.4. The Hall–Kier alpha value is -5.60. The second-order valence-corrected chi connectivity index (χ2v) is 14.8. The number of benzene rings is 4. The smallest absolute Gasteiger partial charge is 0.0494 e. The highest BCUT2D eigenvalue weighted by atomic mass is 15.0. The van der Waals surface area contributed by atoms with E-state index < -0.39 is 0 Å². The van der Waals surface area contributed by atoms with Gasteiger partial charge in [-0.3, -0.25) is 0 Å². The predicted molar refractivity (Wildman–Crippen MR) is 232 cm³/mol. The molecule has 270 valence electrons. The summed E-state index contributed by atoms with van der Waals surface area (Å²) in [6.07, 6.45) is 26.7. The Morgan fingerprint density at radius 2 is 0.833 bits per heavy atom. The molecular weight excluding hydrogens is 653 g/mol. The van der Waals surface area contributed by atoms with Gasteiger partial charge in [-0.2, -0.15) is 0 Å². The summed E-state index contributed by atoms with van der Waals surface area (Å²) >= 11 is 0. The molecule has 2 aliphatic rings. The van der Waals surface area contributed by atoms with Crippen LogP contribution < -0.4 is 0 Å². The summed E-state index contributed by atoms with van der Waals surface area (Å²) in [6.45, 7) is 8.80. The van der Waals surface area contributed by atoms with Crippen molar-refractivity contribution in [1.82, 2.24) is 9.13 Å². The van der Waals surface area contributed by atoms with Crippen molar-refractivity contribution in [2.45, 2.75) is 79.1 Å². The molecule has 0 spiro atoms. The van der Waals surface area contributed by atoms with Crippen LogP contribution in [-0.4, -0.2) is 9.13 Å². The molecule has 2 heterocycles. The van der Waals surface area contributed by atoms with Gasteiger partial charge in [0.2, 0.25) is 0 Å². The van der Waals surface area contributed by atoms with Gasteiger partial charge in [-0.15, -0.1) is 0 Å². The van der Waals surface area contributed by atoms with E-state index in [0.29, 0.717) is 0 Å². The molecular formula is C52H52N2. The van der Waals surface area contributed by atoms with Crippen LogP contribution in [0.1, 0.15) is 108 Å². The minimum absolute atomic E-state index is 0.920. The van der Waals surface area contributed by atoms with Gasteiger partial charge in [-0.05, 0) is 169 Å². The van der Waals surface area contributed by atoms with E-state index in [9.17, 15) is 0 Å². The first-order chi connectivity index (χ1) is 26.6. The molecule has 0 saturated carbocycles. The monoisotopic (exact) mass is 704 g/mol. The van der Waals surface area contributed by atoms with Crippen molar-refractivity contribution in [3.8, 4) is 22.5 Å². The third kappa shape index (κ3) is 6.82. The van der Waals surface area contributed by atoms with Crippen LogP contribution in [0.4, 0.5) is 0 Å². The standard InChI is InChI=1S/C52H52N2/c1-5-13-49-45(7-3)47-15-9-11-17-51(47)53(49)43-31-23-39(24-32-43)35-37-19-27-41(28-20-37)42-29-21-38(22-30-42)36-40-25-33-44(34-26-40)54-50(14-6-2)46(8-4)48-16-10-12-18-52(48)54/h5-6,11-14,17-34H,7-10,15-16,35-36H2,1-4H3/b13-5-,14-6-. The summed E-state index contributed by atoms with van der Waals surface area (Å²) in [5.74, 6) is 0. The molecule has 0 atom stereocenters. The second-order valence-electron chi connectivity index (χ2n) is 14.8. The van der Waals surface area contributed by atoms with Gasteiger partial charge in [0.05, 0.1) is 0 Å². The summed E-state index contributed by atoms with van der Waals surface area (Å²) in [4.78, 5) is 0. The van der Waals surface area contributed by atoms with Crippen molar-refractivity contribution in [1.29, 1.82) is 0 Å². The van der Waals surface area contributed by atoms with Gasteiger partial charge in [0.25, 0.3) is 0 Å². The van der Waals surface area contributed by atoms with Gasteiger partial charge in [0.15, 0.2) is 0 Å². The number of allylic oxidation sites excluding steroid dienone is 4. The van der Waals surface area contributed by atoms with Crippen LogP contribution in [0.2, 0.25) is 0 Å². The SMILES string of the molecule is C/C=C\c1c(CC)c2c(n1-c1ccc(Cc3ccc(-c4ccc(Cc5ccc(-n6c7c(c(CC)c6/C=C\C)CCC=C7)cc5)cc4)cc3)cc1)C=CCC2. The van der Waals surface area contributed by atoms with Crippen molar-refractivity contribution in [2.75, 3.05) is 0 Å². The van der Waals surface area contributed by atoms with Gasteiger partial charge < -0.3 is 9.13 Å². The number of fused-ring (bicyclic) bond motifs is 2. The molecule has 8 rings (SSSR count). The van der Waals surface area contributed by atoms with Gasteiger partial charge in [0.1, 0.15) is 0 Å². The minimum Gasteiger partial charge on any atom is -0.310 e. The Morgan fingerprint density at radius 3 is 1.17 bits per heavy atom. The molecule has 0 unspecified atom stereocenters. The van der Waals surface area contributed by atoms with E-state index in [1.807, 2.05) is 0 Å². The third-order valence-electron chi connectivity index (χ3n) is 11.4. The average molecular weight is 705 g/mol. The lowest BCUT2D eigenvalue weighted by Gasteiger charge is -2.14. The molecule has 0 aliphatic heterocycles. The molecule has 54 heavy (non-hydrogen) atoms. The summed E-state index contributed by atoms with van der Waals surface area (Å²) in [7, 11) is 0. The van der Waals surface area contributed by atoms with Gasteiger partial charge in [0, 0.05) is 34.2 Å². The van der Waals surface area contributed by atoms with Crippen LogP contribution in [0, 0.1) is 0 Å². The highest BCUT2D eigenvalue weighted by Crippen LogP contribution is 2.35. The lowest BCUT2D eigenvalue weighted by molar-refractivity contribution is 0.945. The zero-order valence-electron chi connectivity index (χ0n) is 32.4. The molecule has 2 aromatic heterocycles. The normalized spacial score (nSPS) is 13.6. The largest absolute Gasteiger partial charge is 0.310 e. The Balaban J connectivity index is 0.934. The number of rotatable bonds is 11. The maximum absolute atomic E-state index is 2.46. The summed E-state index contributed by atoms with van der Waals surface area (Å²) in [6, 6.07) is 36.6. The zero-order valence-corrected chi connectivity index (χ0v) is 32.4. The molecule has 0 saturated heterocycles. The van der Waals surface area contributed by atoms with Crippen LogP contribution in [0.25, 0.3) is 46.8 Å². The molecule has 6 aromatic rings. The summed E-state index contributed by atoms with van der Waals surface area (Å²) in [5.41, 5.74) is 21.7. The highest BCUT2D eigenvalue weighted by molar-refractivity contribution is 5.70. The highest BCUT2D eigenvalue weighted by Gasteiger charge is 2.22. The fourth-order valence-corrected chi connectivity index (χ4v) is 8.81. The number of nitrogens with zero attached hydrogens (tertiary/aromatic N) is 2. The number of aromatic nitrogens is 2. The fourth-order valence-electron chi connectivity index (χ4n) is 8.81. The number of hydrogen-bond donors (Lipinski definition) is 0. The van der Waals surface area contributed by atoms with Crippen molar-refractivity contribution in [2.24, 2.45) is 0 Å². The van der Waals surface area contributed by atoms with Crippen molar-refractivity contribution >= 4 is 24.3 Å². The van der Waals surface area contributed by atoms with E-state index in [1.165, 1.54) is 89.8 Å². The first-order valence-electron chi connectivity index (χ1n) is 20.1. The Kier molecular flexibility index (Phi) is 10.4. The molecule has 0 bridgehead atoms. The molecule has 0 N–H and O–H groups in total. The maximum atomic E-state index is 2.46. The van der Waals surface area contributed by atoms with Crippen LogP contribution >= 0.6 is 0 Å². The van der Waals surface area contributed by atoms with Gasteiger partial charge in [-0.1, -0.05) is 111 Å². The summed E-state index contributed by atoms with van der Waals surface area (Å²) in [5, 5.41) is 0. The van der Waals surface area contributed by atoms with E-state index in [4.69, 9.17) is 0 Å². The number of hydrogen-bond acceptors (Lipinski definition) is 0. The van der Waals surface area contributed by atoms with E-state index in [0.717, 1.165) is 51.4 Å². The van der Waals surface area contributed by atoms with Gasteiger partial charge >= 0.3 is 0 Å². The van der Waals surface area contributed by atoms with Crippen molar-refractivity contribution < 1.29 is 0 Å². The topological polar surface area (TPSA) is 9.86 Å². The third-order valence-corrected chi connectivity index (χ3v) is 11.4. The van der Waals surface area contributed by atoms with E-state index in [1.54, 1.807) is 0 Å². The fraction of sp³-hybridized carbons (Fsp3) is 0.231. The quantitative estimate of drug-likeness (QED) is 0.127. The van der Waals surface area contributed by atoms with Crippen molar-refractivity contribution in [3.05, 3.63) is 189 Å². The lowest BCUT2D eigenvalue weighted by Crippen LogP contribution is -2.02. The molecule has 2 heteroatoms. The molecule has 0 amide bonds. The molecule has 0 radical (unpaired) electrons. The van der Waals surface area contributed by atoms with E-state index in [-0.39, 0.29) is 0 Å². The average Bonchev–Trinajstić information content (AvgIpc) is 3.70. The minimum atomic E-state index is 0.920. The van der Waals surface area contributed by atoms with Crippen LogP contribution in [0.5, 0.6) is 0 Å². The Labute approximate surface area is 322 Å². The first-order valence-corrected chi connectivity index (χ1v) is 20.1.